The molecule has 4 rings (SSSR count). The molecule has 0 aliphatic carbocycles. The van der Waals surface area contributed by atoms with Crippen molar-refractivity contribution in [2.75, 3.05) is 17.1 Å². The Morgan fingerprint density at radius 3 is 2.30 bits per heavy atom. The number of sulfonamides is 1. The molecule has 0 aliphatic rings. The molecule has 0 fully saturated rings. The SMILES string of the molecule is COC(=O)c1ccc2nc(NC(=O)c3ccc(NS(=O)(=O)c4ccc(Cl)cc4)cc3)sc2c1. The summed E-state index contributed by atoms with van der Waals surface area (Å²) < 4.78 is 32.8. The Morgan fingerprint density at radius 2 is 1.64 bits per heavy atom. The predicted molar refractivity (Wildman–Crippen MR) is 128 cm³/mol. The molecular formula is C22H16ClN3O5S2. The number of esters is 1. The number of carbonyl (C=O) groups excluding carboxylic acids is 2. The van der Waals surface area contributed by atoms with Gasteiger partial charge >= 0.3 is 5.97 Å². The summed E-state index contributed by atoms with van der Waals surface area (Å²) in [7, 11) is -2.48. The molecule has 1 heterocycles. The number of carbonyl (C=O) groups is 2. The summed E-state index contributed by atoms with van der Waals surface area (Å²) in [6, 6.07) is 16.7. The molecule has 33 heavy (non-hydrogen) atoms. The molecule has 3 aromatic carbocycles. The number of thiazole rings is 1. The molecule has 1 amide bonds. The first kappa shape index (κ1) is 22.7. The summed E-state index contributed by atoms with van der Waals surface area (Å²) >= 11 is 7.02. The smallest absolute Gasteiger partial charge is 0.337 e. The lowest BCUT2D eigenvalue weighted by Crippen LogP contribution is -2.14. The fourth-order valence-corrected chi connectivity index (χ4v) is 4.99. The third-order valence-corrected chi connectivity index (χ3v) is 7.14. The summed E-state index contributed by atoms with van der Waals surface area (Å²) in [5, 5.41) is 3.51. The Morgan fingerprint density at radius 1 is 0.970 bits per heavy atom. The van der Waals surface area contributed by atoms with E-state index in [1.54, 1.807) is 18.2 Å². The molecule has 11 heteroatoms. The number of methoxy groups -OCH3 is 1. The van der Waals surface area contributed by atoms with Crippen LogP contribution in [-0.2, 0) is 14.8 Å². The predicted octanol–water partition coefficient (Wildman–Crippen LogP) is 4.79. The fourth-order valence-electron chi connectivity index (χ4n) is 2.91. The number of nitrogens with one attached hydrogen (secondary N) is 2. The molecule has 0 saturated carbocycles. The van der Waals surface area contributed by atoms with Crippen LogP contribution >= 0.6 is 22.9 Å². The molecule has 8 nitrogen and oxygen atoms in total. The molecule has 1 aromatic heterocycles. The number of hydrogen-bond donors (Lipinski definition) is 2. The van der Waals surface area contributed by atoms with Crippen molar-refractivity contribution >= 4 is 65.9 Å². The van der Waals surface area contributed by atoms with Crippen molar-refractivity contribution in [3.05, 3.63) is 82.9 Å². The minimum absolute atomic E-state index is 0.0694. The third kappa shape index (κ3) is 5.14. The van der Waals surface area contributed by atoms with E-state index in [0.717, 1.165) is 4.70 Å². The Balaban J connectivity index is 1.46. The van der Waals surface area contributed by atoms with Crippen LogP contribution in [0, 0.1) is 0 Å². The zero-order chi connectivity index (χ0) is 23.6. The maximum absolute atomic E-state index is 12.6. The topological polar surface area (TPSA) is 114 Å². The lowest BCUT2D eigenvalue weighted by molar-refractivity contribution is 0.0600. The molecule has 0 unspecified atom stereocenters. The molecule has 2 N–H and O–H groups in total. The summed E-state index contributed by atoms with van der Waals surface area (Å²) in [4.78, 5) is 28.7. The van der Waals surface area contributed by atoms with Gasteiger partial charge in [0, 0.05) is 16.3 Å². The van der Waals surface area contributed by atoms with Gasteiger partial charge in [0.2, 0.25) is 0 Å². The monoisotopic (exact) mass is 501 g/mol. The first-order chi connectivity index (χ1) is 15.7. The average Bonchev–Trinajstić information content (AvgIpc) is 3.20. The van der Waals surface area contributed by atoms with Crippen molar-refractivity contribution < 1.29 is 22.7 Å². The van der Waals surface area contributed by atoms with Gasteiger partial charge in [0.15, 0.2) is 5.13 Å². The lowest BCUT2D eigenvalue weighted by Gasteiger charge is -2.09. The van der Waals surface area contributed by atoms with Crippen LogP contribution < -0.4 is 10.0 Å². The van der Waals surface area contributed by atoms with Crippen molar-refractivity contribution in [1.82, 2.24) is 4.98 Å². The van der Waals surface area contributed by atoms with Crippen molar-refractivity contribution in [3.8, 4) is 0 Å². The zero-order valence-electron chi connectivity index (χ0n) is 17.0. The number of rotatable bonds is 6. The highest BCUT2D eigenvalue weighted by atomic mass is 35.5. The van der Waals surface area contributed by atoms with E-state index < -0.39 is 21.9 Å². The highest BCUT2D eigenvalue weighted by Crippen LogP contribution is 2.27. The first-order valence-electron chi connectivity index (χ1n) is 9.44. The molecule has 0 atom stereocenters. The van der Waals surface area contributed by atoms with Crippen LogP contribution in [-0.4, -0.2) is 32.4 Å². The van der Waals surface area contributed by atoms with Crippen LogP contribution in [0.5, 0.6) is 0 Å². The van der Waals surface area contributed by atoms with E-state index in [4.69, 9.17) is 16.3 Å². The van der Waals surface area contributed by atoms with Crippen LogP contribution in [0.1, 0.15) is 20.7 Å². The van der Waals surface area contributed by atoms with Crippen molar-refractivity contribution in [3.63, 3.8) is 0 Å². The van der Waals surface area contributed by atoms with Gasteiger partial charge in [-0.15, -0.1) is 0 Å². The quantitative estimate of drug-likeness (QED) is 0.367. The van der Waals surface area contributed by atoms with E-state index in [0.29, 0.717) is 32.5 Å². The third-order valence-electron chi connectivity index (χ3n) is 4.55. The second-order valence-electron chi connectivity index (χ2n) is 6.78. The van der Waals surface area contributed by atoms with Gasteiger partial charge in [-0.05, 0) is 66.7 Å². The minimum Gasteiger partial charge on any atom is -0.465 e. The van der Waals surface area contributed by atoms with Crippen LogP contribution in [0.25, 0.3) is 10.2 Å². The lowest BCUT2D eigenvalue weighted by atomic mass is 10.2. The number of fused-ring (bicyclic) bond motifs is 1. The molecule has 0 radical (unpaired) electrons. The zero-order valence-corrected chi connectivity index (χ0v) is 19.4. The average molecular weight is 502 g/mol. The van der Waals surface area contributed by atoms with Gasteiger partial charge in [0.1, 0.15) is 0 Å². The van der Waals surface area contributed by atoms with E-state index in [-0.39, 0.29) is 4.90 Å². The van der Waals surface area contributed by atoms with Crippen LogP contribution in [0.2, 0.25) is 5.02 Å². The van der Waals surface area contributed by atoms with Gasteiger partial charge in [-0.2, -0.15) is 0 Å². The Bertz CT molecular complexity index is 1450. The van der Waals surface area contributed by atoms with Crippen molar-refractivity contribution in [2.45, 2.75) is 4.90 Å². The second kappa shape index (κ2) is 9.18. The molecule has 0 spiro atoms. The highest BCUT2D eigenvalue weighted by Gasteiger charge is 2.15. The number of nitrogens with zero attached hydrogens (tertiary/aromatic N) is 1. The number of amides is 1. The van der Waals surface area contributed by atoms with Crippen LogP contribution in [0.4, 0.5) is 10.8 Å². The van der Waals surface area contributed by atoms with Crippen LogP contribution in [0.3, 0.4) is 0 Å². The van der Waals surface area contributed by atoms with Crippen molar-refractivity contribution in [2.24, 2.45) is 0 Å². The Kier molecular flexibility index (Phi) is 6.32. The summed E-state index contributed by atoms with van der Waals surface area (Å²) in [6.45, 7) is 0. The van der Waals surface area contributed by atoms with Gasteiger partial charge in [-0.3, -0.25) is 14.8 Å². The number of halogens is 1. The highest BCUT2D eigenvalue weighted by molar-refractivity contribution is 7.92. The summed E-state index contributed by atoms with van der Waals surface area (Å²) in [6.07, 6.45) is 0. The maximum atomic E-state index is 12.6. The van der Waals surface area contributed by atoms with Gasteiger partial charge < -0.3 is 4.74 Å². The van der Waals surface area contributed by atoms with Crippen LogP contribution in [0.15, 0.2) is 71.6 Å². The van der Waals surface area contributed by atoms with E-state index in [1.165, 1.54) is 67.0 Å². The van der Waals surface area contributed by atoms with Gasteiger partial charge in [0.05, 0.1) is 27.8 Å². The van der Waals surface area contributed by atoms with E-state index in [2.05, 4.69) is 15.0 Å². The second-order valence-corrected chi connectivity index (χ2v) is 9.93. The Labute approximate surface area is 198 Å². The van der Waals surface area contributed by atoms with E-state index >= 15 is 0 Å². The first-order valence-corrected chi connectivity index (χ1v) is 12.1. The molecule has 0 saturated heterocycles. The Hall–Kier alpha value is -3.47. The largest absolute Gasteiger partial charge is 0.465 e. The molecule has 0 bridgehead atoms. The normalized spacial score (nSPS) is 11.2. The van der Waals surface area contributed by atoms with E-state index in [1.807, 2.05) is 0 Å². The summed E-state index contributed by atoms with van der Waals surface area (Å²) in [5.74, 6) is -0.864. The molecular weight excluding hydrogens is 486 g/mol. The maximum Gasteiger partial charge on any atom is 0.337 e. The van der Waals surface area contributed by atoms with Crippen molar-refractivity contribution in [1.29, 1.82) is 0 Å². The number of anilines is 2. The summed E-state index contributed by atoms with van der Waals surface area (Å²) in [5.41, 5.74) is 1.65. The number of aromatic nitrogens is 1. The van der Waals surface area contributed by atoms with E-state index in [9.17, 15) is 18.0 Å². The van der Waals surface area contributed by atoms with Gasteiger partial charge in [0.25, 0.3) is 15.9 Å². The number of hydrogen-bond acceptors (Lipinski definition) is 7. The molecule has 0 aliphatic heterocycles. The number of ether oxygens (including phenoxy) is 1. The fraction of sp³-hybridized carbons (Fsp3) is 0.0455. The van der Waals surface area contributed by atoms with Gasteiger partial charge in [-0.1, -0.05) is 22.9 Å². The minimum atomic E-state index is -3.79. The molecule has 4 aromatic rings. The standard InChI is InChI=1S/C22H16ClN3O5S2/c1-31-21(28)14-4-11-18-19(12-14)32-22(24-18)25-20(27)13-2-7-16(8-3-13)26-33(29,30)17-9-5-15(23)6-10-17/h2-12,26H,1H3,(H,24,25,27). The molecule has 168 valence electrons. The van der Waals surface area contributed by atoms with Gasteiger partial charge in [-0.25, -0.2) is 18.2 Å². The number of benzene rings is 3.